The van der Waals surface area contributed by atoms with Gasteiger partial charge in [-0.25, -0.2) is 4.79 Å². The second kappa shape index (κ2) is 27.7. The number of methoxy groups -OCH3 is 1. The summed E-state index contributed by atoms with van der Waals surface area (Å²) < 4.78 is 48.3. The smallest absolute Gasteiger partial charge is 0.347 e. The zero-order chi connectivity index (χ0) is 50.5. The fourth-order valence-electron chi connectivity index (χ4n) is 8.09. The first-order valence-corrected chi connectivity index (χ1v) is 27.5. The molecule has 0 unspecified atom stereocenters. The van der Waals surface area contributed by atoms with Gasteiger partial charge in [0.15, 0.2) is 6.10 Å². The number of carbonyl (C=O) groups excluding carboxylic acids is 4. The summed E-state index contributed by atoms with van der Waals surface area (Å²) in [5, 5.41) is 7.39. The number of rotatable bonds is 28. The molecule has 4 aromatic rings. The number of ether oxygens (including phenoxy) is 3. The fourth-order valence-corrected chi connectivity index (χ4v) is 14.2. The summed E-state index contributed by atoms with van der Waals surface area (Å²) in [6, 6.07) is 36.4. The van der Waals surface area contributed by atoms with Gasteiger partial charge in [0.25, 0.3) is 8.32 Å². The molecule has 15 heteroatoms. The third-order valence-electron chi connectivity index (χ3n) is 11.5. The van der Waals surface area contributed by atoms with E-state index in [0.717, 1.165) is 15.9 Å². The van der Waals surface area contributed by atoms with E-state index in [0.29, 0.717) is 24.3 Å². The van der Waals surface area contributed by atoms with E-state index in [1.807, 2.05) is 99.7 Å². The Kier molecular flexibility index (Phi) is 22.6. The highest BCUT2D eigenvalue weighted by molar-refractivity contribution is 7.54. The van der Waals surface area contributed by atoms with Crippen LogP contribution in [0.25, 0.3) is 6.08 Å². The number of hydrogen-bond donors (Lipinski definition) is 2. The van der Waals surface area contributed by atoms with Crippen molar-refractivity contribution in [3.63, 3.8) is 0 Å². The molecule has 69 heavy (non-hydrogen) atoms. The molecule has 4 aromatic carbocycles. The summed E-state index contributed by atoms with van der Waals surface area (Å²) in [6.07, 6.45) is 1.96. The maximum Gasteiger partial charge on any atom is 0.347 e. The first-order chi connectivity index (χ1) is 32.9. The normalized spacial score (nSPS) is 13.8. The first kappa shape index (κ1) is 56.2. The molecule has 0 fully saturated rings. The van der Waals surface area contributed by atoms with Crippen molar-refractivity contribution in [2.45, 2.75) is 104 Å². The van der Waals surface area contributed by atoms with Crippen LogP contribution in [0, 0.1) is 11.8 Å². The average molecular weight is 985 g/mol. The number of nitrogens with one attached hydrogen (secondary N) is 2. The van der Waals surface area contributed by atoms with Crippen molar-refractivity contribution >= 4 is 56.1 Å². The molecule has 0 bridgehead atoms. The van der Waals surface area contributed by atoms with Crippen molar-refractivity contribution in [2.75, 3.05) is 39.6 Å². The molecule has 0 aliphatic carbocycles. The molecule has 4 rings (SSSR count). The molecule has 13 nitrogen and oxygen atoms in total. The molecule has 0 saturated heterocycles. The van der Waals surface area contributed by atoms with Crippen LogP contribution in [0.5, 0.6) is 5.75 Å². The molecule has 0 heterocycles. The maximum absolute atomic E-state index is 14.2. The van der Waals surface area contributed by atoms with E-state index < -0.39 is 64.1 Å². The highest BCUT2D eigenvalue weighted by Gasteiger charge is 2.50. The minimum atomic E-state index is -3.76. The van der Waals surface area contributed by atoms with Gasteiger partial charge in [-0.1, -0.05) is 157 Å². The largest absolute Gasteiger partial charge is 0.497 e. The predicted molar refractivity (Wildman–Crippen MR) is 274 cm³/mol. The van der Waals surface area contributed by atoms with E-state index in [1.165, 1.54) is 7.11 Å². The highest BCUT2D eigenvalue weighted by atomic mass is 31.2. The Morgan fingerprint density at radius 2 is 1.33 bits per heavy atom. The number of carbonyl (C=O) groups is 4. The molecule has 0 aromatic heterocycles. The Labute approximate surface area is 410 Å². The zero-order valence-electron chi connectivity index (χ0n) is 41.8. The Morgan fingerprint density at radius 1 is 0.768 bits per heavy atom. The summed E-state index contributed by atoms with van der Waals surface area (Å²) in [6.45, 7) is 16.0. The van der Waals surface area contributed by atoms with E-state index in [1.54, 1.807) is 38.1 Å². The van der Waals surface area contributed by atoms with Crippen molar-refractivity contribution in [1.82, 2.24) is 10.6 Å². The SMILES string of the molecule is CCOP(=O)(CC(=O)N[C@H](Cc1ccc(OC)cc1)C(=O)NCCC(=O)O[C@@H](CC(C)C)C(=O)O[C@@H](CCO[Si](c1ccccc1)(c1ccccc1)C(C)(C)C)[C@H](C)/C=C/c1ccccc1)OCC. The van der Waals surface area contributed by atoms with Gasteiger partial charge in [-0.15, -0.1) is 0 Å². The topological polar surface area (TPSA) is 165 Å². The van der Waals surface area contributed by atoms with Gasteiger partial charge in [-0.2, -0.15) is 0 Å². The van der Waals surface area contributed by atoms with Gasteiger partial charge in [-0.05, 0) is 64.9 Å². The van der Waals surface area contributed by atoms with Crippen molar-refractivity contribution in [3.05, 3.63) is 132 Å². The second-order valence-electron chi connectivity index (χ2n) is 18.3. The van der Waals surface area contributed by atoms with Crippen LogP contribution in [0.1, 0.15) is 85.8 Å². The van der Waals surface area contributed by atoms with Crippen LogP contribution in [-0.2, 0) is 53.1 Å². The van der Waals surface area contributed by atoms with Crippen molar-refractivity contribution in [2.24, 2.45) is 11.8 Å². The van der Waals surface area contributed by atoms with E-state index >= 15 is 0 Å². The summed E-state index contributed by atoms with van der Waals surface area (Å²) in [7, 11) is -5.13. The van der Waals surface area contributed by atoms with Gasteiger partial charge in [0, 0.05) is 31.9 Å². The lowest BCUT2D eigenvalue weighted by atomic mass is 10.00. The van der Waals surface area contributed by atoms with Crippen LogP contribution in [0.4, 0.5) is 0 Å². The molecule has 374 valence electrons. The Bertz CT molecular complexity index is 2220. The quantitative estimate of drug-likeness (QED) is 0.0318. The summed E-state index contributed by atoms with van der Waals surface area (Å²) in [4.78, 5) is 54.5. The van der Waals surface area contributed by atoms with Gasteiger partial charge < -0.3 is 38.3 Å². The van der Waals surface area contributed by atoms with Gasteiger partial charge in [-0.3, -0.25) is 18.9 Å². The molecule has 0 radical (unpaired) electrons. The van der Waals surface area contributed by atoms with E-state index in [9.17, 15) is 23.7 Å². The third kappa shape index (κ3) is 17.5. The number of esters is 2. The number of hydrogen-bond acceptors (Lipinski definition) is 11. The van der Waals surface area contributed by atoms with Gasteiger partial charge >= 0.3 is 19.5 Å². The molecule has 2 amide bonds. The van der Waals surface area contributed by atoms with Crippen LogP contribution in [0.3, 0.4) is 0 Å². The van der Waals surface area contributed by atoms with Crippen molar-refractivity contribution in [1.29, 1.82) is 0 Å². The third-order valence-corrected chi connectivity index (χ3v) is 18.5. The second-order valence-corrected chi connectivity index (χ2v) is 24.7. The lowest BCUT2D eigenvalue weighted by Gasteiger charge is -2.43. The van der Waals surface area contributed by atoms with E-state index in [-0.39, 0.29) is 55.9 Å². The van der Waals surface area contributed by atoms with Crippen molar-refractivity contribution < 1.29 is 51.4 Å². The molecule has 4 atom stereocenters. The van der Waals surface area contributed by atoms with Crippen LogP contribution in [0.15, 0.2) is 121 Å². The minimum absolute atomic E-state index is 0.0366. The Morgan fingerprint density at radius 3 is 1.86 bits per heavy atom. The van der Waals surface area contributed by atoms with Gasteiger partial charge in [0.05, 0.1) is 26.7 Å². The van der Waals surface area contributed by atoms with Crippen LogP contribution in [0.2, 0.25) is 5.04 Å². The fraction of sp³-hybridized carbons (Fsp3) is 0.444. The van der Waals surface area contributed by atoms with Crippen LogP contribution in [-0.4, -0.2) is 90.0 Å². The summed E-state index contributed by atoms with van der Waals surface area (Å²) >= 11 is 0. The van der Waals surface area contributed by atoms with E-state index in [2.05, 4.69) is 55.7 Å². The number of benzene rings is 4. The molecule has 0 spiro atoms. The number of amides is 2. The molecule has 0 aliphatic heterocycles. The molecule has 0 saturated carbocycles. The minimum Gasteiger partial charge on any atom is -0.497 e. The summed E-state index contributed by atoms with van der Waals surface area (Å²) in [5.74, 6) is -2.36. The van der Waals surface area contributed by atoms with Gasteiger partial charge in [0.1, 0.15) is 24.1 Å². The highest BCUT2D eigenvalue weighted by Crippen LogP contribution is 2.47. The Balaban J connectivity index is 1.50. The maximum atomic E-state index is 14.2. The van der Waals surface area contributed by atoms with E-state index in [4.69, 9.17) is 27.7 Å². The Hall–Kier alpha value is -5.37. The molecular weight excluding hydrogens is 912 g/mol. The standard InChI is InChI=1S/C54H73N2O11PSi/c1-10-63-68(61,64-11-2)39-50(57)56-47(38-43-29-31-44(62-9)32-30-43)52(59)55-35-33-51(58)66-49(37-40(3)4)53(60)67-48(41(5)27-28-42-21-15-12-16-22-42)34-36-65-69(54(6,7)8,45-23-17-13-18-24-45)46-25-19-14-20-26-46/h12-32,40-41,47-49H,10-11,33-39H2,1-9H3,(H,55,59)(H,56,57)/b28-27+/t41-,47-,48+,49+/m1/s1. The van der Waals surface area contributed by atoms with Crippen molar-refractivity contribution in [3.8, 4) is 5.75 Å². The molecular formula is C54H73N2O11PSi. The molecule has 0 aliphatic rings. The predicted octanol–water partition coefficient (Wildman–Crippen LogP) is 8.68. The van der Waals surface area contributed by atoms with Crippen LogP contribution >= 0.6 is 7.60 Å². The lowest BCUT2D eigenvalue weighted by Crippen LogP contribution is -2.66. The first-order valence-electron chi connectivity index (χ1n) is 23.9. The lowest BCUT2D eigenvalue weighted by molar-refractivity contribution is -0.174. The monoisotopic (exact) mass is 984 g/mol. The zero-order valence-corrected chi connectivity index (χ0v) is 43.7. The van der Waals surface area contributed by atoms with Crippen LogP contribution < -0.4 is 25.7 Å². The summed E-state index contributed by atoms with van der Waals surface area (Å²) in [5.41, 5.74) is 1.71. The molecule has 2 N–H and O–H groups in total. The average Bonchev–Trinajstić information content (AvgIpc) is 3.31. The van der Waals surface area contributed by atoms with Gasteiger partial charge in [0.2, 0.25) is 11.8 Å².